The molecule has 1 N–H and O–H groups in total. The van der Waals surface area contributed by atoms with E-state index in [2.05, 4.69) is 76.3 Å². The van der Waals surface area contributed by atoms with Gasteiger partial charge >= 0.3 is 0 Å². The zero-order valence-electron chi connectivity index (χ0n) is 18.6. The van der Waals surface area contributed by atoms with E-state index in [1.54, 1.807) is 0 Å². The summed E-state index contributed by atoms with van der Waals surface area (Å²) in [6, 6.07) is 8.87. The van der Waals surface area contributed by atoms with E-state index in [1.165, 1.54) is 43.4 Å². The molecule has 1 saturated heterocycles. The van der Waals surface area contributed by atoms with Crippen molar-refractivity contribution in [2.45, 2.75) is 72.4 Å². The van der Waals surface area contributed by atoms with Crippen LogP contribution >= 0.6 is 0 Å². The minimum atomic E-state index is 0.435. The third-order valence-electron chi connectivity index (χ3n) is 6.21. The maximum Gasteiger partial charge on any atom is 0.0603 e. The molecule has 0 radical (unpaired) electrons. The second-order valence-corrected chi connectivity index (χ2v) is 9.53. The van der Waals surface area contributed by atoms with E-state index in [0.717, 1.165) is 25.6 Å². The van der Waals surface area contributed by atoms with Crippen LogP contribution in [0.25, 0.3) is 0 Å². The van der Waals surface area contributed by atoms with E-state index in [9.17, 15) is 0 Å². The van der Waals surface area contributed by atoms with Crippen molar-refractivity contribution in [3.05, 3.63) is 29.8 Å². The molecular formula is C24H42N2O. The van der Waals surface area contributed by atoms with Gasteiger partial charge in [0.2, 0.25) is 0 Å². The SMILES string of the molecule is CC(C)CC[C@@]1(CCNCc2ccc(N(C)C)cc2)CCO[C@@H](C(C)C)C1. The summed E-state index contributed by atoms with van der Waals surface area (Å²) >= 11 is 0. The first-order valence-corrected chi connectivity index (χ1v) is 10.9. The van der Waals surface area contributed by atoms with Crippen LogP contribution < -0.4 is 10.2 Å². The molecule has 2 atom stereocenters. The summed E-state index contributed by atoms with van der Waals surface area (Å²) in [6.07, 6.45) is 6.83. The van der Waals surface area contributed by atoms with Gasteiger partial charge in [-0.15, -0.1) is 0 Å². The van der Waals surface area contributed by atoms with Gasteiger partial charge in [-0.2, -0.15) is 0 Å². The molecule has 0 aromatic heterocycles. The van der Waals surface area contributed by atoms with Crippen LogP contribution in [0.5, 0.6) is 0 Å². The molecule has 27 heavy (non-hydrogen) atoms. The zero-order valence-corrected chi connectivity index (χ0v) is 18.6. The number of benzene rings is 1. The van der Waals surface area contributed by atoms with E-state index >= 15 is 0 Å². The summed E-state index contributed by atoms with van der Waals surface area (Å²) in [6.45, 7) is 12.3. The average Bonchev–Trinajstić information content (AvgIpc) is 2.64. The minimum Gasteiger partial charge on any atom is -0.378 e. The third-order valence-corrected chi connectivity index (χ3v) is 6.21. The van der Waals surface area contributed by atoms with Gasteiger partial charge < -0.3 is 15.0 Å². The van der Waals surface area contributed by atoms with Crippen LogP contribution in [0.1, 0.15) is 65.4 Å². The Morgan fingerprint density at radius 1 is 1.11 bits per heavy atom. The van der Waals surface area contributed by atoms with Gasteiger partial charge in [0.05, 0.1) is 6.10 Å². The molecule has 0 saturated carbocycles. The lowest BCUT2D eigenvalue weighted by Crippen LogP contribution is -2.39. The van der Waals surface area contributed by atoms with Crippen molar-refractivity contribution < 1.29 is 4.74 Å². The number of hydrogen-bond donors (Lipinski definition) is 1. The van der Waals surface area contributed by atoms with E-state index in [1.807, 2.05) is 0 Å². The second kappa shape index (κ2) is 10.5. The monoisotopic (exact) mass is 374 g/mol. The zero-order chi connectivity index (χ0) is 19.9. The van der Waals surface area contributed by atoms with Gasteiger partial charge in [-0.05, 0) is 67.2 Å². The van der Waals surface area contributed by atoms with Crippen LogP contribution in [0.15, 0.2) is 24.3 Å². The fourth-order valence-corrected chi connectivity index (χ4v) is 4.11. The lowest BCUT2D eigenvalue weighted by Gasteiger charge is -2.43. The van der Waals surface area contributed by atoms with Crippen molar-refractivity contribution in [1.29, 1.82) is 0 Å². The maximum absolute atomic E-state index is 6.08. The van der Waals surface area contributed by atoms with E-state index in [-0.39, 0.29) is 0 Å². The molecule has 0 spiro atoms. The van der Waals surface area contributed by atoms with Crippen LogP contribution in [-0.2, 0) is 11.3 Å². The Morgan fingerprint density at radius 2 is 1.81 bits per heavy atom. The number of hydrogen-bond acceptors (Lipinski definition) is 3. The van der Waals surface area contributed by atoms with Gasteiger partial charge in [0.15, 0.2) is 0 Å². The summed E-state index contributed by atoms with van der Waals surface area (Å²) in [7, 11) is 4.17. The van der Waals surface area contributed by atoms with Gasteiger partial charge in [-0.1, -0.05) is 46.2 Å². The topological polar surface area (TPSA) is 24.5 Å². The summed E-state index contributed by atoms with van der Waals surface area (Å²) in [4.78, 5) is 2.14. The lowest BCUT2D eigenvalue weighted by molar-refractivity contribution is -0.0761. The van der Waals surface area contributed by atoms with E-state index < -0.39 is 0 Å². The van der Waals surface area contributed by atoms with Crippen LogP contribution in [0.3, 0.4) is 0 Å². The van der Waals surface area contributed by atoms with Crippen molar-refractivity contribution >= 4 is 5.69 Å². The predicted octanol–water partition coefficient (Wildman–Crippen LogP) is 5.49. The van der Waals surface area contributed by atoms with Gasteiger partial charge in [0, 0.05) is 32.9 Å². The molecule has 0 bridgehead atoms. The number of rotatable bonds is 10. The smallest absolute Gasteiger partial charge is 0.0603 e. The van der Waals surface area contributed by atoms with Crippen LogP contribution in [0.2, 0.25) is 0 Å². The Hall–Kier alpha value is -1.06. The van der Waals surface area contributed by atoms with Crippen molar-refractivity contribution in [2.24, 2.45) is 17.3 Å². The highest BCUT2D eigenvalue weighted by atomic mass is 16.5. The molecule has 2 rings (SSSR count). The van der Waals surface area contributed by atoms with Gasteiger partial charge in [0.25, 0.3) is 0 Å². The van der Waals surface area contributed by atoms with Crippen LogP contribution in [0.4, 0.5) is 5.69 Å². The number of nitrogens with one attached hydrogen (secondary N) is 1. The molecule has 154 valence electrons. The molecule has 0 unspecified atom stereocenters. The lowest BCUT2D eigenvalue weighted by atomic mass is 9.69. The Bertz CT molecular complexity index is 538. The highest BCUT2D eigenvalue weighted by molar-refractivity contribution is 5.45. The standard InChI is InChI=1S/C24H42N2O/c1-19(2)11-12-24(14-16-27-23(17-24)20(3)4)13-15-25-18-21-7-9-22(10-8-21)26(5)6/h7-10,19-20,23,25H,11-18H2,1-6H3/t23-,24-/m1/s1. The van der Waals surface area contributed by atoms with E-state index in [0.29, 0.717) is 17.4 Å². The number of anilines is 1. The normalized spacial score (nSPS) is 23.2. The summed E-state index contributed by atoms with van der Waals surface area (Å²) in [5, 5.41) is 3.70. The molecule has 0 amide bonds. The third kappa shape index (κ3) is 7.12. The molecule has 1 aliphatic rings. The van der Waals surface area contributed by atoms with Crippen LogP contribution in [-0.4, -0.2) is 33.4 Å². The average molecular weight is 375 g/mol. The Kier molecular flexibility index (Phi) is 8.62. The van der Waals surface area contributed by atoms with Crippen molar-refractivity contribution in [3.8, 4) is 0 Å². The molecule has 1 fully saturated rings. The first-order valence-electron chi connectivity index (χ1n) is 10.9. The first kappa shape index (κ1) is 22.2. The molecule has 1 heterocycles. The molecule has 0 aliphatic carbocycles. The molecular weight excluding hydrogens is 332 g/mol. The van der Waals surface area contributed by atoms with Gasteiger partial charge in [-0.25, -0.2) is 0 Å². The maximum atomic E-state index is 6.08. The quantitative estimate of drug-likeness (QED) is 0.548. The fourth-order valence-electron chi connectivity index (χ4n) is 4.11. The van der Waals surface area contributed by atoms with Crippen molar-refractivity contribution in [2.75, 3.05) is 32.1 Å². The van der Waals surface area contributed by atoms with Crippen LogP contribution in [0, 0.1) is 17.3 Å². The Labute approximate surface area is 167 Å². The predicted molar refractivity (Wildman–Crippen MR) is 117 cm³/mol. The van der Waals surface area contributed by atoms with E-state index in [4.69, 9.17) is 4.74 Å². The number of nitrogens with zero attached hydrogens (tertiary/aromatic N) is 1. The Balaban J connectivity index is 1.87. The molecule has 1 aromatic carbocycles. The largest absolute Gasteiger partial charge is 0.378 e. The molecule has 1 aromatic rings. The first-order chi connectivity index (χ1) is 12.8. The fraction of sp³-hybridized carbons (Fsp3) is 0.750. The summed E-state index contributed by atoms with van der Waals surface area (Å²) < 4.78 is 6.08. The summed E-state index contributed by atoms with van der Waals surface area (Å²) in [5.41, 5.74) is 3.08. The van der Waals surface area contributed by atoms with Gasteiger partial charge in [0.1, 0.15) is 0 Å². The van der Waals surface area contributed by atoms with Crippen molar-refractivity contribution in [3.63, 3.8) is 0 Å². The minimum absolute atomic E-state index is 0.435. The number of ether oxygens (including phenoxy) is 1. The molecule has 1 aliphatic heterocycles. The molecule has 3 heteroatoms. The second-order valence-electron chi connectivity index (χ2n) is 9.53. The molecule has 3 nitrogen and oxygen atoms in total. The summed E-state index contributed by atoms with van der Waals surface area (Å²) in [5.74, 6) is 1.40. The highest BCUT2D eigenvalue weighted by Gasteiger charge is 2.37. The van der Waals surface area contributed by atoms with Crippen molar-refractivity contribution in [1.82, 2.24) is 5.32 Å². The Morgan fingerprint density at radius 3 is 2.41 bits per heavy atom. The van der Waals surface area contributed by atoms with Gasteiger partial charge in [-0.3, -0.25) is 0 Å². The highest BCUT2D eigenvalue weighted by Crippen LogP contribution is 2.43.